The molecule has 0 heterocycles. The Bertz CT molecular complexity index is 1260. The second-order valence-electron chi connectivity index (χ2n) is 7.59. The smallest absolute Gasteiger partial charge is 0.475 e. The molecule has 1 unspecified atom stereocenters. The van der Waals surface area contributed by atoms with Gasteiger partial charge in [-0.3, -0.25) is 24.8 Å². The van der Waals surface area contributed by atoms with E-state index in [0.717, 1.165) is 0 Å². The highest BCUT2D eigenvalue weighted by atomic mass is 31.2. The molecule has 0 saturated heterocycles. The summed E-state index contributed by atoms with van der Waals surface area (Å²) in [5, 5.41) is 28.7. The molecule has 0 saturated carbocycles. The SMILES string of the molecule is NC(c1ccccc1)P(=O)(OCc1ccc([N+](=O)[O-])cc1)OCc1ccc([N+](=O)[O-])cc1.O=C(O)C(F)(F)F. The normalized spacial score (nSPS) is 12.1. The van der Waals surface area contributed by atoms with Crippen molar-refractivity contribution in [3.8, 4) is 0 Å². The lowest BCUT2D eigenvalue weighted by atomic mass is 10.2. The van der Waals surface area contributed by atoms with Crippen molar-refractivity contribution in [2.45, 2.75) is 25.2 Å². The Kier molecular flexibility index (Phi) is 10.8. The first-order valence-electron chi connectivity index (χ1n) is 10.7. The molecule has 12 nitrogen and oxygen atoms in total. The Hall–Kier alpha value is -4.17. The zero-order valence-corrected chi connectivity index (χ0v) is 20.7. The molecule has 0 bridgehead atoms. The number of nitro benzene ring substituents is 2. The number of carbonyl (C=O) groups is 1. The van der Waals surface area contributed by atoms with Gasteiger partial charge in [-0.15, -0.1) is 0 Å². The number of nitrogens with two attached hydrogens (primary N) is 1. The van der Waals surface area contributed by atoms with E-state index in [-0.39, 0.29) is 24.6 Å². The number of hydrogen-bond donors (Lipinski definition) is 2. The Labute approximate surface area is 218 Å². The van der Waals surface area contributed by atoms with Gasteiger partial charge in [-0.05, 0) is 41.0 Å². The Morgan fingerprint density at radius 1 is 0.846 bits per heavy atom. The van der Waals surface area contributed by atoms with Crippen LogP contribution in [0.5, 0.6) is 0 Å². The second-order valence-corrected chi connectivity index (χ2v) is 9.74. The van der Waals surface area contributed by atoms with Crippen molar-refractivity contribution in [2.24, 2.45) is 5.73 Å². The molecule has 39 heavy (non-hydrogen) atoms. The predicted molar refractivity (Wildman–Crippen MR) is 130 cm³/mol. The van der Waals surface area contributed by atoms with E-state index in [0.29, 0.717) is 16.7 Å². The standard InChI is InChI=1S/C21H20N3O7P.C2HF3O2/c22-21(18-4-2-1-3-5-18)32(29,30-14-16-6-10-19(11-7-16)23(25)26)31-15-17-8-12-20(13-9-17)24(27)28;3-2(4,5)1(6)7/h1-13,21H,14-15,22H2;(H,6,7). The molecule has 16 heteroatoms. The van der Waals surface area contributed by atoms with Gasteiger partial charge in [-0.1, -0.05) is 30.3 Å². The molecule has 0 aromatic heterocycles. The summed E-state index contributed by atoms with van der Waals surface area (Å²) in [5.41, 5.74) is 7.73. The Morgan fingerprint density at radius 2 is 1.21 bits per heavy atom. The minimum absolute atomic E-state index is 0.0765. The molecule has 0 aliphatic heterocycles. The van der Waals surface area contributed by atoms with Crippen LogP contribution in [-0.2, 0) is 31.6 Å². The number of nitrogens with zero attached hydrogens (tertiary/aromatic N) is 2. The number of alkyl halides is 3. The lowest BCUT2D eigenvalue weighted by Gasteiger charge is -2.24. The molecule has 3 N–H and O–H groups in total. The van der Waals surface area contributed by atoms with E-state index in [1.54, 1.807) is 30.3 Å². The Balaban J connectivity index is 0.000000673. The van der Waals surface area contributed by atoms with Crippen LogP contribution in [0.3, 0.4) is 0 Å². The van der Waals surface area contributed by atoms with E-state index in [1.165, 1.54) is 48.5 Å². The molecule has 1 atom stereocenters. The van der Waals surface area contributed by atoms with Crippen LogP contribution >= 0.6 is 7.60 Å². The van der Waals surface area contributed by atoms with E-state index in [1.807, 2.05) is 0 Å². The fourth-order valence-electron chi connectivity index (χ4n) is 2.79. The summed E-state index contributed by atoms with van der Waals surface area (Å²) in [4.78, 5) is 29.5. The van der Waals surface area contributed by atoms with Crippen molar-refractivity contribution in [3.63, 3.8) is 0 Å². The third kappa shape index (κ3) is 9.57. The number of benzene rings is 3. The molecule has 0 aliphatic carbocycles. The minimum Gasteiger partial charge on any atom is -0.475 e. The largest absolute Gasteiger partial charge is 0.490 e. The molecule has 208 valence electrons. The quantitative estimate of drug-likeness (QED) is 0.173. The Morgan fingerprint density at radius 3 is 1.51 bits per heavy atom. The van der Waals surface area contributed by atoms with Crippen molar-refractivity contribution in [1.29, 1.82) is 0 Å². The molecule has 3 rings (SSSR count). The van der Waals surface area contributed by atoms with Crippen molar-refractivity contribution < 1.29 is 46.5 Å². The van der Waals surface area contributed by atoms with Crippen LogP contribution < -0.4 is 5.73 Å². The van der Waals surface area contributed by atoms with Crippen LogP contribution in [0.2, 0.25) is 0 Å². The monoisotopic (exact) mass is 571 g/mol. The molecule has 0 radical (unpaired) electrons. The van der Waals surface area contributed by atoms with E-state index in [2.05, 4.69) is 0 Å². The molecule has 0 spiro atoms. The van der Waals surface area contributed by atoms with Crippen molar-refractivity contribution in [2.75, 3.05) is 0 Å². The third-order valence-electron chi connectivity index (χ3n) is 4.84. The number of rotatable bonds is 10. The number of aliphatic carboxylic acids is 1. The van der Waals surface area contributed by atoms with E-state index < -0.39 is 35.4 Å². The van der Waals surface area contributed by atoms with Gasteiger partial charge in [0.15, 0.2) is 0 Å². The fraction of sp³-hybridized carbons (Fsp3) is 0.174. The number of carboxylic acids is 1. The first-order valence-corrected chi connectivity index (χ1v) is 12.3. The first kappa shape index (κ1) is 31.1. The van der Waals surface area contributed by atoms with Crippen LogP contribution in [0.1, 0.15) is 22.5 Å². The zero-order chi connectivity index (χ0) is 29.2. The topological polar surface area (TPSA) is 185 Å². The lowest BCUT2D eigenvalue weighted by Crippen LogP contribution is -2.21. The summed E-state index contributed by atoms with van der Waals surface area (Å²) in [6, 6.07) is 19.9. The predicted octanol–water partition coefficient (Wildman–Crippen LogP) is 5.72. The number of carboxylic acid groups (broad SMARTS) is 1. The lowest BCUT2D eigenvalue weighted by molar-refractivity contribution is -0.385. The summed E-state index contributed by atoms with van der Waals surface area (Å²) in [6.45, 7) is -0.286. The summed E-state index contributed by atoms with van der Waals surface area (Å²) in [5.74, 6) is -3.84. The van der Waals surface area contributed by atoms with E-state index >= 15 is 0 Å². The van der Waals surface area contributed by atoms with Gasteiger partial charge in [-0.25, -0.2) is 4.79 Å². The first-order chi connectivity index (χ1) is 18.2. The fourth-order valence-corrected chi connectivity index (χ4v) is 4.38. The zero-order valence-electron chi connectivity index (χ0n) is 19.8. The van der Waals surface area contributed by atoms with E-state index in [9.17, 15) is 38.0 Å². The molecule has 0 amide bonds. The average Bonchev–Trinajstić information content (AvgIpc) is 2.91. The van der Waals surface area contributed by atoms with Crippen LogP contribution in [0, 0.1) is 20.2 Å². The molecule has 0 aliphatic rings. The van der Waals surface area contributed by atoms with Gasteiger partial charge in [0.1, 0.15) is 5.78 Å². The number of halogens is 3. The third-order valence-corrected chi connectivity index (χ3v) is 6.80. The van der Waals surface area contributed by atoms with Crippen molar-refractivity contribution in [3.05, 3.63) is 116 Å². The maximum absolute atomic E-state index is 13.6. The molecule has 3 aromatic carbocycles. The van der Waals surface area contributed by atoms with Crippen LogP contribution in [0.4, 0.5) is 24.5 Å². The average molecular weight is 571 g/mol. The summed E-state index contributed by atoms with van der Waals surface area (Å²) in [7, 11) is -3.92. The van der Waals surface area contributed by atoms with Gasteiger partial charge >= 0.3 is 19.7 Å². The van der Waals surface area contributed by atoms with E-state index in [4.69, 9.17) is 24.7 Å². The highest BCUT2D eigenvalue weighted by Crippen LogP contribution is 2.59. The highest BCUT2D eigenvalue weighted by molar-refractivity contribution is 7.54. The molecule has 3 aromatic rings. The van der Waals surface area contributed by atoms with Gasteiger partial charge in [0.05, 0.1) is 23.1 Å². The van der Waals surface area contributed by atoms with Crippen LogP contribution in [0.15, 0.2) is 78.9 Å². The van der Waals surface area contributed by atoms with Gasteiger partial charge in [-0.2, -0.15) is 13.2 Å². The maximum Gasteiger partial charge on any atom is 0.490 e. The summed E-state index contributed by atoms with van der Waals surface area (Å²) < 4.78 is 56.7. The number of non-ortho nitro benzene ring substituents is 2. The molecular weight excluding hydrogens is 550 g/mol. The molecular formula is C23H21F3N3O9P. The second kappa shape index (κ2) is 13.6. The minimum atomic E-state index is -5.08. The van der Waals surface area contributed by atoms with Crippen molar-refractivity contribution >= 4 is 24.9 Å². The summed E-state index contributed by atoms with van der Waals surface area (Å²) in [6.07, 6.45) is -5.08. The van der Waals surface area contributed by atoms with Gasteiger partial charge < -0.3 is 19.9 Å². The van der Waals surface area contributed by atoms with Crippen LogP contribution in [0.25, 0.3) is 0 Å². The number of nitro groups is 2. The summed E-state index contributed by atoms with van der Waals surface area (Å²) >= 11 is 0. The van der Waals surface area contributed by atoms with Crippen LogP contribution in [-0.4, -0.2) is 27.1 Å². The van der Waals surface area contributed by atoms with Gasteiger partial charge in [0.25, 0.3) is 11.4 Å². The number of hydrogen-bond acceptors (Lipinski definition) is 9. The van der Waals surface area contributed by atoms with Gasteiger partial charge in [0, 0.05) is 24.3 Å². The highest BCUT2D eigenvalue weighted by Gasteiger charge is 2.38. The maximum atomic E-state index is 13.6. The van der Waals surface area contributed by atoms with Gasteiger partial charge in [0.2, 0.25) is 0 Å². The van der Waals surface area contributed by atoms with Crippen molar-refractivity contribution in [1.82, 2.24) is 0 Å². The molecule has 0 fully saturated rings.